The van der Waals surface area contributed by atoms with Gasteiger partial charge in [0.2, 0.25) is 0 Å². The van der Waals surface area contributed by atoms with Crippen molar-refractivity contribution in [2.75, 3.05) is 21.2 Å². The maximum Gasteiger partial charge on any atom is 0.266 e. The van der Waals surface area contributed by atoms with Crippen molar-refractivity contribution < 1.29 is 14.3 Å². The molecule has 0 radical (unpaired) electrons. The van der Waals surface area contributed by atoms with E-state index in [1.807, 2.05) is 18.2 Å². The van der Waals surface area contributed by atoms with E-state index in [4.69, 9.17) is 32.7 Å². The molecule has 1 aliphatic heterocycles. The number of halogens is 3. The molecule has 1 fully saturated rings. The second-order valence-electron chi connectivity index (χ2n) is 6.04. The number of nitrogens with zero attached hydrogens (tertiary/aromatic N) is 2. The SMILES string of the molecule is CN=C1S/C(=C\c2cc(OC)c(OCc3ccc(Cl)c(Cl)c3)cc2Br)C(=O)N1C. The average molecular weight is 516 g/mol. The number of carbonyl (C=O) groups is 1. The lowest BCUT2D eigenvalue weighted by Crippen LogP contribution is -2.23. The fraction of sp³-hybridized carbons (Fsp3) is 0.200. The van der Waals surface area contributed by atoms with Crippen molar-refractivity contribution in [1.82, 2.24) is 4.90 Å². The Kier molecular flexibility index (Phi) is 7.16. The average Bonchev–Trinajstić information content (AvgIpc) is 2.98. The van der Waals surface area contributed by atoms with Gasteiger partial charge in [-0.1, -0.05) is 45.2 Å². The molecule has 1 heterocycles. The molecule has 0 N–H and O–H groups in total. The number of amidine groups is 1. The number of amides is 1. The first-order valence-electron chi connectivity index (χ1n) is 8.42. The summed E-state index contributed by atoms with van der Waals surface area (Å²) in [5, 5.41) is 1.63. The number of aliphatic imine (C=N–C) groups is 1. The molecule has 3 rings (SSSR count). The molecule has 0 atom stereocenters. The van der Waals surface area contributed by atoms with Crippen molar-refractivity contribution in [2.24, 2.45) is 4.99 Å². The lowest BCUT2D eigenvalue weighted by atomic mass is 10.1. The highest BCUT2D eigenvalue weighted by Crippen LogP contribution is 2.38. The molecule has 152 valence electrons. The monoisotopic (exact) mass is 514 g/mol. The van der Waals surface area contributed by atoms with E-state index in [-0.39, 0.29) is 5.91 Å². The Morgan fingerprint density at radius 3 is 2.59 bits per heavy atom. The summed E-state index contributed by atoms with van der Waals surface area (Å²) in [4.78, 5) is 18.6. The van der Waals surface area contributed by atoms with Gasteiger partial charge in [0.1, 0.15) is 6.61 Å². The Balaban J connectivity index is 1.85. The van der Waals surface area contributed by atoms with E-state index in [0.29, 0.717) is 38.2 Å². The van der Waals surface area contributed by atoms with E-state index in [0.717, 1.165) is 15.6 Å². The molecule has 0 spiro atoms. The molecular weight excluding hydrogens is 499 g/mol. The molecule has 29 heavy (non-hydrogen) atoms. The zero-order chi connectivity index (χ0) is 21.1. The Morgan fingerprint density at radius 2 is 1.97 bits per heavy atom. The molecule has 2 aromatic carbocycles. The van der Waals surface area contributed by atoms with Crippen LogP contribution in [-0.4, -0.2) is 37.2 Å². The van der Waals surface area contributed by atoms with Crippen LogP contribution < -0.4 is 9.47 Å². The summed E-state index contributed by atoms with van der Waals surface area (Å²) in [5.74, 6) is 1.01. The van der Waals surface area contributed by atoms with Crippen LogP contribution in [0.1, 0.15) is 11.1 Å². The van der Waals surface area contributed by atoms with Crippen LogP contribution >= 0.6 is 50.9 Å². The van der Waals surface area contributed by atoms with E-state index in [2.05, 4.69) is 20.9 Å². The van der Waals surface area contributed by atoms with Crippen molar-refractivity contribution in [1.29, 1.82) is 0 Å². The van der Waals surface area contributed by atoms with Crippen molar-refractivity contribution in [2.45, 2.75) is 6.61 Å². The molecule has 1 aliphatic rings. The molecule has 1 saturated heterocycles. The molecule has 1 amide bonds. The van der Waals surface area contributed by atoms with Gasteiger partial charge < -0.3 is 9.47 Å². The highest BCUT2D eigenvalue weighted by atomic mass is 79.9. The minimum Gasteiger partial charge on any atom is -0.493 e. The Labute approximate surface area is 191 Å². The zero-order valence-electron chi connectivity index (χ0n) is 15.8. The van der Waals surface area contributed by atoms with Crippen LogP contribution in [0.3, 0.4) is 0 Å². The summed E-state index contributed by atoms with van der Waals surface area (Å²) in [6.07, 6.45) is 1.80. The number of benzene rings is 2. The van der Waals surface area contributed by atoms with E-state index in [1.165, 1.54) is 16.7 Å². The van der Waals surface area contributed by atoms with Crippen LogP contribution in [0.5, 0.6) is 11.5 Å². The first kappa shape index (κ1) is 22.0. The molecule has 2 aromatic rings. The van der Waals surface area contributed by atoms with Crippen LogP contribution in [0.25, 0.3) is 6.08 Å². The van der Waals surface area contributed by atoms with Gasteiger partial charge in [-0.15, -0.1) is 0 Å². The standard InChI is InChI=1S/C20H17BrCl2N2O3S/c1-24-20-25(2)19(26)18(29-20)8-12-7-16(27-3)17(9-13(12)21)28-10-11-4-5-14(22)15(23)6-11/h4-9H,10H2,1-3H3/b18-8-,24-20?. The Bertz CT molecular complexity index is 1030. The number of methoxy groups -OCH3 is 1. The molecule has 0 aromatic heterocycles. The fourth-order valence-electron chi connectivity index (χ4n) is 2.61. The van der Waals surface area contributed by atoms with Crippen LogP contribution in [0.2, 0.25) is 10.0 Å². The lowest BCUT2D eigenvalue weighted by molar-refractivity contribution is -0.121. The minimum absolute atomic E-state index is 0.0959. The van der Waals surface area contributed by atoms with Gasteiger partial charge in [0, 0.05) is 18.6 Å². The third-order valence-corrected chi connectivity index (χ3v) is 6.72. The van der Waals surface area contributed by atoms with Crippen LogP contribution in [0.4, 0.5) is 0 Å². The van der Waals surface area contributed by atoms with Crippen LogP contribution in [0, 0.1) is 0 Å². The number of carbonyl (C=O) groups excluding carboxylic acids is 1. The normalized spacial score (nSPS) is 16.8. The van der Waals surface area contributed by atoms with Crippen LogP contribution in [-0.2, 0) is 11.4 Å². The van der Waals surface area contributed by atoms with E-state index in [9.17, 15) is 4.79 Å². The number of rotatable bonds is 5. The molecule has 0 bridgehead atoms. The van der Waals surface area contributed by atoms with E-state index < -0.39 is 0 Å². The largest absolute Gasteiger partial charge is 0.493 e. The summed E-state index contributed by atoms with van der Waals surface area (Å²) in [6, 6.07) is 8.96. The van der Waals surface area contributed by atoms with Gasteiger partial charge in [0.05, 0.1) is 22.1 Å². The van der Waals surface area contributed by atoms with Gasteiger partial charge in [0.25, 0.3) is 5.91 Å². The third kappa shape index (κ3) is 4.91. The summed E-state index contributed by atoms with van der Waals surface area (Å²) < 4.78 is 12.2. The third-order valence-electron chi connectivity index (χ3n) is 4.14. The summed E-state index contributed by atoms with van der Waals surface area (Å²) in [7, 11) is 4.93. The van der Waals surface area contributed by atoms with Crippen molar-refractivity contribution in [3.8, 4) is 11.5 Å². The van der Waals surface area contributed by atoms with Gasteiger partial charge in [0.15, 0.2) is 16.7 Å². The van der Waals surface area contributed by atoms with Crippen molar-refractivity contribution >= 4 is 68.0 Å². The minimum atomic E-state index is -0.0959. The summed E-state index contributed by atoms with van der Waals surface area (Å²) in [5.41, 5.74) is 1.68. The number of likely N-dealkylation sites (N-methyl/N-ethyl adjacent to an activating group) is 1. The van der Waals surface area contributed by atoms with Gasteiger partial charge in [-0.3, -0.25) is 14.7 Å². The van der Waals surface area contributed by atoms with Crippen molar-refractivity contribution in [3.63, 3.8) is 0 Å². The topological polar surface area (TPSA) is 51.1 Å². The van der Waals surface area contributed by atoms with Gasteiger partial charge >= 0.3 is 0 Å². The number of hydrogen-bond acceptors (Lipinski definition) is 5. The quantitative estimate of drug-likeness (QED) is 0.467. The number of thioether (sulfide) groups is 1. The van der Waals surface area contributed by atoms with Crippen LogP contribution in [0.15, 0.2) is 44.7 Å². The second kappa shape index (κ2) is 9.43. The predicted molar refractivity (Wildman–Crippen MR) is 123 cm³/mol. The molecular formula is C20H17BrCl2N2O3S. The molecule has 9 heteroatoms. The summed E-state index contributed by atoms with van der Waals surface area (Å²) in [6.45, 7) is 0.301. The Hall–Kier alpha value is -1.67. The van der Waals surface area contributed by atoms with Gasteiger partial charge in [-0.25, -0.2) is 0 Å². The van der Waals surface area contributed by atoms with Gasteiger partial charge in [-0.2, -0.15) is 0 Å². The van der Waals surface area contributed by atoms with Crippen molar-refractivity contribution in [3.05, 3.63) is 60.9 Å². The predicted octanol–water partition coefficient (Wildman–Crippen LogP) is 5.88. The maximum atomic E-state index is 12.4. The van der Waals surface area contributed by atoms with Gasteiger partial charge in [-0.05, 0) is 53.2 Å². The second-order valence-corrected chi connectivity index (χ2v) is 8.72. The maximum absolute atomic E-state index is 12.4. The highest BCUT2D eigenvalue weighted by Gasteiger charge is 2.30. The lowest BCUT2D eigenvalue weighted by Gasteiger charge is -2.13. The first-order valence-corrected chi connectivity index (χ1v) is 10.8. The molecule has 5 nitrogen and oxygen atoms in total. The molecule has 0 saturated carbocycles. The van der Waals surface area contributed by atoms with E-state index >= 15 is 0 Å². The smallest absolute Gasteiger partial charge is 0.266 e. The first-order chi connectivity index (χ1) is 13.8. The zero-order valence-corrected chi connectivity index (χ0v) is 19.7. The highest BCUT2D eigenvalue weighted by molar-refractivity contribution is 9.10. The number of hydrogen-bond donors (Lipinski definition) is 0. The number of ether oxygens (including phenoxy) is 2. The summed E-state index contributed by atoms with van der Waals surface area (Å²) >= 11 is 16.9. The molecule has 0 unspecified atom stereocenters. The fourth-order valence-corrected chi connectivity index (χ4v) is 4.29. The van der Waals surface area contributed by atoms with E-state index in [1.54, 1.807) is 39.4 Å². The Morgan fingerprint density at radius 1 is 1.21 bits per heavy atom. The molecule has 0 aliphatic carbocycles.